The topological polar surface area (TPSA) is 74.4 Å². The second kappa shape index (κ2) is 5.66. The van der Waals surface area contributed by atoms with Crippen molar-refractivity contribution >= 4 is 16.8 Å². The fourth-order valence-electron chi connectivity index (χ4n) is 2.71. The first-order valence-corrected chi connectivity index (χ1v) is 7.52. The lowest BCUT2D eigenvalue weighted by Crippen LogP contribution is -2.01. The van der Waals surface area contributed by atoms with E-state index in [2.05, 4.69) is 20.2 Å². The average Bonchev–Trinajstić information content (AvgIpc) is 2.99. The second-order valence-corrected chi connectivity index (χ2v) is 5.43. The average molecular weight is 339 g/mol. The molecule has 4 rings (SSSR count). The highest BCUT2D eigenvalue weighted by Crippen LogP contribution is 2.29. The zero-order chi connectivity index (χ0) is 17.6. The van der Waals surface area contributed by atoms with E-state index in [0.717, 1.165) is 0 Å². The maximum atomic E-state index is 13.8. The van der Waals surface area contributed by atoms with Crippen molar-refractivity contribution in [3.8, 4) is 23.0 Å². The molecule has 25 heavy (non-hydrogen) atoms. The number of pyridine rings is 1. The van der Waals surface area contributed by atoms with Gasteiger partial charge in [-0.3, -0.25) is 4.40 Å². The van der Waals surface area contributed by atoms with Crippen molar-refractivity contribution in [2.45, 2.75) is 6.92 Å². The number of hydrogen-bond donors (Lipinski definition) is 0. The molecule has 0 saturated heterocycles. The van der Waals surface area contributed by atoms with Crippen LogP contribution in [0.2, 0.25) is 0 Å². The maximum Gasteiger partial charge on any atom is 0.215 e. The summed E-state index contributed by atoms with van der Waals surface area (Å²) in [6.45, 7) is 1.83. The molecule has 1 aromatic carbocycles. The number of halogens is 1. The van der Waals surface area contributed by atoms with Crippen LogP contribution in [-0.4, -0.2) is 38.8 Å². The van der Waals surface area contributed by atoms with E-state index in [1.54, 1.807) is 35.8 Å². The Hall–Kier alpha value is -3.29. The second-order valence-electron chi connectivity index (χ2n) is 5.43. The summed E-state index contributed by atoms with van der Waals surface area (Å²) >= 11 is 0. The van der Waals surface area contributed by atoms with Gasteiger partial charge in [0, 0.05) is 11.6 Å². The first-order valence-electron chi connectivity index (χ1n) is 7.52. The quantitative estimate of drug-likeness (QED) is 0.571. The van der Waals surface area contributed by atoms with Crippen LogP contribution in [0.15, 0.2) is 30.3 Å². The van der Waals surface area contributed by atoms with Crippen LogP contribution in [0, 0.1) is 12.7 Å². The molecule has 0 saturated carbocycles. The van der Waals surface area contributed by atoms with E-state index in [1.807, 2.05) is 6.92 Å². The molecule has 0 radical (unpaired) electrons. The third kappa shape index (κ3) is 2.34. The number of ether oxygens (including phenoxy) is 2. The lowest BCUT2D eigenvalue weighted by atomic mass is 10.2. The molecule has 0 aliphatic carbocycles. The van der Waals surface area contributed by atoms with Gasteiger partial charge >= 0.3 is 0 Å². The summed E-state index contributed by atoms with van der Waals surface area (Å²) in [6.07, 6.45) is 0. The van der Waals surface area contributed by atoms with E-state index >= 15 is 0 Å². The Bertz CT molecular complexity index is 1110. The zero-order valence-corrected chi connectivity index (χ0v) is 13.8. The molecular formula is C17H14FN5O2. The summed E-state index contributed by atoms with van der Waals surface area (Å²) in [5, 5.41) is 8.42. The van der Waals surface area contributed by atoms with Gasteiger partial charge in [0.25, 0.3) is 0 Å². The lowest BCUT2D eigenvalue weighted by Gasteiger charge is -2.07. The number of hydrogen-bond acceptors (Lipinski definition) is 6. The molecule has 0 aliphatic heterocycles. The molecular weight excluding hydrogens is 325 g/mol. The summed E-state index contributed by atoms with van der Waals surface area (Å²) in [7, 11) is 2.97. The Morgan fingerprint density at radius 3 is 2.56 bits per heavy atom. The normalized spacial score (nSPS) is 11.2. The molecule has 7 nitrogen and oxygen atoms in total. The lowest BCUT2D eigenvalue weighted by molar-refractivity contribution is 0.386. The summed E-state index contributed by atoms with van der Waals surface area (Å²) in [4.78, 5) is 9.05. The van der Waals surface area contributed by atoms with Gasteiger partial charge in [-0.05, 0) is 31.2 Å². The number of benzene rings is 1. The smallest absolute Gasteiger partial charge is 0.215 e. The highest BCUT2D eigenvalue weighted by molar-refractivity contribution is 5.77. The summed E-state index contributed by atoms with van der Waals surface area (Å²) in [6, 6.07) is 8.06. The van der Waals surface area contributed by atoms with Crippen molar-refractivity contribution in [2.75, 3.05) is 14.2 Å². The van der Waals surface area contributed by atoms with Crippen molar-refractivity contribution in [3.63, 3.8) is 0 Å². The molecule has 0 fully saturated rings. The standard InChI is InChI=1S/C17H14FN5O2/c1-9-15-22-21-12-6-7-14(25-3)20-17(12)23(15)16(19-9)10-4-5-11(18)13(8-10)24-2/h4-8H,1-3H3. The molecule has 3 aromatic heterocycles. The molecule has 0 bridgehead atoms. The fraction of sp³-hybridized carbons (Fsp3) is 0.176. The molecule has 0 amide bonds. The number of nitrogens with zero attached hydrogens (tertiary/aromatic N) is 5. The molecule has 0 N–H and O–H groups in total. The minimum Gasteiger partial charge on any atom is -0.494 e. The van der Waals surface area contributed by atoms with E-state index in [4.69, 9.17) is 9.47 Å². The third-order valence-corrected chi connectivity index (χ3v) is 3.93. The number of methoxy groups -OCH3 is 2. The Morgan fingerprint density at radius 1 is 0.960 bits per heavy atom. The van der Waals surface area contributed by atoms with E-state index in [1.165, 1.54) is 13.2 Å². The summed E-state index contributed by atoms with van der Waals surface area (Å²) < 4.78 is 25.8. The van der Waals surface area contributed by atoms with Crippen molar-refractivity contribution in [1.82, 2.24) is 24.6 Å². The largest absolute Gasteiger partial charge is 0.494 e. The highest BCUT2D eigenvalue weighted by Gasteiger charge is 2.17. The summed E-state index contributed by atoms with van der Waals surface area (Å²) in [5.74, 6) is 0.735. The van der Waals surface area contributed by atoms with Crippen molar-refractivity contribution in [2.24, 2.45) is 0 Å². The number of aryl methyl sites for hydroxylation is 1. The number of aromatic nitrogens is 5. The maximum absolute atomic E-state index is 13.8. The number of rotatable bonds is 3. The Kier molecular flexibility index (Phi) is 3.45. The number of fused-ring (bicyclic) bond motifs is 3. The molecule has 4 aromatic rings. The van der Waals surface area contributed by atoms with Gasteiger partial charge in [-0.15, -0.1) is 10.2 Å². The molecule has 8 heteroatoms. The molecule has 126 valence electrons. The molecule has 0 spiro atoms. The zero-order valence-electron chi connectivity index (χ0n) is 13.8. The minimum absolute atomic E-state index is 0.142. The van der Waals surface area contributed by atoms with E-state index in [-0.39, 0.29) is 5.75 Å². The van der Waals surface area contributed by atoms with E-state index in [9.17, 15) is 4.39 Å². The van der Waals surface area contributed by atoms with Crippen LogP contribution in [0.3, 0.4) is 0 Å². The minimum atomic E-state index is -0.437. The van der Waals surface area contributed by atoms with Gasteiger partial charge in [-0.2, -0.15) is 4.98 Å². The molecule has 0 unspecified atom stereocenters. The van der Waals surface area contributed by atoms with Gasteiger partial charge in [0.15, 0.2) is 22.9 Å². The SMILES string of the molecule is COc1ccc2nnc3c(C)nc(-c4ccc(F)c(OC)c4)n3c2n1. The van der Waals surface area contributed by atoms with Gasteiger partial charge in [-0.25, -0.2) is 9.37 Å². The van der Waals surface area contributed by atoms with Gasteiger partial charge < -0.3 is 9.47 Å². The first kappa shape index (κ1) is 15.3. The fourth-order valence-corrected chi connectivity index (χ4v) is 2.71. The Labute approximate surface area is 142 Å². The van der Waals surface area contributed by atoms with Crippen LogP contribution in [0.25, 0.3) is 28.2 Å². The Balaban J connectivity index is 2.08. The van der Waals surface area contributed by atoms with Crippen LogP contribution in [-0.2, 0) is 0 Å². The van der Waals surface area contributed by atoms with Gasteiger partial charge in [0.2, 0.25) is 5.88 Å². The van der Waals surface area contributed by atoms with Crippen molar-refractivity contribution in [1.29, 1.82) is 0 Å². The third-order valence-electron chi connectivity index (χ3n) is 3.93. The first-order chi connectivity index (χ1) is 12.1. The van der Waals surface area contributed by atoms with Crippen LogP contribution < -0.4 is 9.47 Å². The van der Waals surface area contributed by atoms with Gasteiger partial charge in [-0.1, -0.05) is 0 Å². The van der Waals surface area contributed by atoms with Gasteiger partial charge in [0.05, 0.1) is 19.9 Å². The van der Waals surface area contributed by atoms with E-state index in [0.29, 0.717) is 39.8 Å². The number of imidazole rings is 1. The highest BCUT2D eigenvalue weighted by atomic mass is 19.1. The van der Waals surface area contributed by atoms with Crippen LogP contribution >= 0.6 is 0 Å². The predicted octanol–water partition coefficient (Wildman–Crippen LogP) is 2.80. The summed E-state index contributed by atoms with van der Waals surface area (Å²) in [5.41, 5.74) is 3.10. The molecule has 3 heterocycles. The van der Waals surface area contributed by atoms with Crippen molar-refractivity contribution in [3.05, 3.63) is 41.8 Å². The molecule has 0 atom stereocenters. The van der Waals surface area contributed by atoms with Crippen LogP contribution in [0.1, 0.15) is 5.69 Å². The van der Waals surface area contributed by atoms with Crippen molar-refractivity contribution < 1.29 is 13.9 Å². The van der Waals surface area contributed by atoms with Crippen LogP contribution in [0.5, 0.6) is 11.6 Å². The van der Waals surface area contributed by atoms with E-state index < -0.39 is 5.82 Å². The van der Waals surface area contributed by atoms with Gasteiger partial charge in [0.1, 0.15) is 11.3 Å². The van der Waals surface area contributed by atoms with Crippen LogP contribution in [0.4, 0.5) is 4.39 Å². The predicted molar refractivity (Wildman–Crippen MR) is 89.3 cm³/mol. The monoisotopic (exact) mass is 339 g/mol. The Morgan fingerprint density at radius 2 is 1.80 bits per heavy atom. The molecule has 0 aliphatic rings.